The molecule has 0 spiro atoms. The fourth-order valence-electron chi connectivity index (χ4n) is 0.729. The highest BCUT2D eigenvalue weighted by Gasteiger charge is 2.00. The molecule has 0 aliphatic carbocycles. The smallest absolute Gasteiger partial charge is 0.331 e. The van der Waals surface area contributed by atoms with Crippen LogP contribution in [0.15, 0.2) is 34.3 Å². The monoisotopic (exact) mass is 230 g/mol. The van der Waals surface area contributed by atoms with Crippen LogP contribution in [0.4, 0.5) is 0 Å². The first kappa shape index (κ1) is 11.7. The van der Waals surface area contributed by atoms with Gasteiger partial charge in [0.15, 0.2) is 11.1 Å². The third-order valence-corrected chi connectivity index (χ3v) is 2.12. The van der Waals surface area contributed by atoms with Crippen LogP contribution in [-0.2, 0) is 31.4 Å². The van der Waals surface area contributed by atoms with E-state index in [0.29, 0.717) is 5.76 Å². The molecule has 5 nitrogen and oxygen atoms in total. The maximum atomic E-state index is 11.1. The molecule has 0 aliphatic rings. The van der Waals surface area contributed by atoms with E-state index in [-0.39, 0.29) is 6.61 Å². The number of methoxy groups -OCH3 is 1. The normalized spacial score (nSPS) is 12.9. The van der Waals surface area contributed by atoms with Crippen molar-refractivity contribution in [3.8, 4) is 0 Å². The van der Waals surface area contributed by atoms with E-state index in [1.165, 1.54) is 13.4 Å². The Kier molecular flexibility index (Phi) is 4.79. The summed E-state index contributed by atoms with van der Waals surface area (Å²) in [6, 6.07) is 3.40. The molecule has 0 aromatic carbocycles. The highest BCUT2D eigenvalue weighted by molar-refractivity contribution is 7.83. The fourth-order valence-corrected chi connectivity index (χ4v) is 1.26. The number of carbonyl (C=O) groups excluding carboxylic acids is 1. The van der Waals surface area contributed by atoms with Crippen molar-refractivity contribution in [1.82, 2.24) is 0 Å². The van der Waals surface area contributed by atoms with Gasteiger partial charge >= 0.3 is 5.97 Å². The van der Waals surface area contributed by atoms with Gasteiger partial charge in [0.05, 0.1) is 13.4 Å². The lowest BCUT2D eigenvalue weighted by molar-refractivity contribution is -0.134. The van der Waals surface area contributed by atoms with Gasteiger partial charge in [-0.1, -0.05) is 0 Å². The summed E-state index contributed by atoms with van der Waals surface area (Å²) in [5, 5.41) is 1.11. The first-order chi connectivity index (χ1) is 7.22. The Labute approximate surface area is 89.3 Å². The van der Waals surface area contributed by atoms with Crippen LogP contribution in [0.3, 0.4) is 0 Å². The first-order valence-corrected chi connectivity index (χ1v) is 5.18. The average molecular weight is 230 g/mol. The Balaban J connectivity index is 2.31. The molecular weight excluding hydrogens is 220 g/mol. The second kappa shape index (κ2) is 6.15. The lowest BCUT2D eigenvalue weighted by Gasteiger charge is -1.95. The molecule has 0 N–H and O–H groups in total. The van der Waals surface area contributed by atoms with Gasteiger partial charge in [-0.15, -0.1) is 0 Å². The minimum absolute atomic E-state index is 0.0884. The number of hydrogen-bond donors (Lipinski definition) is 0. The van der Waals surface area contributed by atoms with Crippen LogP contribution in [0.5, 0.6) is 0 Å². The topological polar surface area (TPSA) is 65.7 Å². The summed E-state index contributed by atoms with van der Waals surface area (Å²) in [4.78, 5) is 10.6. The van der Waals surface area contributed by atoms with E-state index in [0.717, 1.165) is 11.5 Å². The minimum atomic E-state index is -1.67. The molecule has 1 aromatic rings. The molecule has 0 aliphatic heterocycles. The Bertz CT molecular complexity index is 355. The molecule has 1 heterocycles. The molecule has 0 radical (unpaired) electrons. The summed E-state index contributed by atoms with van der Waals surface area (Å²) in [6.07, 6.45) is 2.53. The van der Waals surface area contributed by atoms with Crippen molar-refractivity contribution in [3.05, 3.63) is 35.6 Å². The van der Waals surface area contributed by atoms with Gasteiger partial charge in [0.1, 0.15) is 12.4 Å². The highest BCUT2D eigenvalue weighted by Crippen LogP contribution is 2.03. The number of rotatable bonds is 5. The standard InChI is InChI=1S/C9H10O5S/c1-12-9(10)4-6-15(11)14-7-8-3-2-5-13-8/h2-6H,7H2,1H3/b6-4+. The van der Waals surface area contributed by atoms with Crippen molar-refractivity contribution in [2.24, 2.45) is 0 Å². The molecule has 0 bridgehead atoms. The molecule has 1 rings (SSSR count). The molecule has 1 atom stereocenters. The Morgan fingerprint density at radius 2 is 2.47 bits per heavy atom. The van der Waals surface area contributed by atoms with Crippen LogP contribution in [0, 0.1) is 0 Å². The summed E-state index contributed by atoms with van der Waals surface area (Å²) in [5.74, 6) is -0.0141. The van der Waals surface area contributed by atoms with E-state index in [9.17, 15) is 9.00 Å². The molecular formula is C9H10O5S. The maximum Gasteiger partial charge on any atom is 0.331 e. The Morgan fingerprint density at radius 1 is 1.67 bits per heavy atom. The molecule has 0 saturated carbocycles. The van der Waals surface area contributed by atoms with Gasteiger partial charge < -0.3 is 9.15 Å². The molecule has 1 unspecified atom stereocenters. The van der Waals surface area contributed by atoms with E-state index >= 15 is 0 Å². The number of carbonyl (C=O) groups is 1. The molecule has 0 saturated heterocycles. The average Bonchev–Trinajstić information content (AvgIpc) is 2.75. The van der Waals surface area contributed by atoms with Gasteiger partial charge in [-0.25, -0.2) is 9.00 Å². The zero-order chi connectivity index (χ0) is 11.1. The molecule has 82 valence electrons. The summed E-state index contributed by atoms with van der Waals surface area (Å²) in [5.41, 5.74) is 0. The zero-order valence-corrected chi connectivity index (χ0v) is 8.86. The number of esters is 1. The van der Waals surface area contributed by atoms with E-state index in [2.05, 4.69) is 4.74 Å². The summed E-state index contributed by atoms with van der Waals surface area (Å²) < 4.78 is 25.2. The van der Waals surface area contributed by atoms with Crippen LogP contribution >= 0.6 is 0 Å². The second-order valence-electron chi connectivity index (χ2n) is 2.43. The van der Waals surface area contributed by atoms with Gasteiger partial charge in [-0.3, -0.25) is 4.18 Å². The zero-order valence-electron chi connectivity index (χ0n) is 8.04. The van der Waals surface area contributed by atoms with Crippen LogP contribution < -0.4 is 0 Å². The van der Waals surface area contributed by atoms with E-state index in [1.54, 1.807) is 12.1 Å². The molecule has 0 amide bonds. The second-order valence-corrected chi connectivity index (χ2v) is 3.46. The number of furan rings is 1. The predicted octanol–water partition coefficient (Wildman–Crippen LogP) is 1.15. The van der Waals surface area contributed by atoms with Crippen molar-refractivity contribution >= 4 is 17.0 Å². The third-order valence-electron chi connectivity index (χ3n) is 1.41. The predicted molar refractivity (Wildman–Crippen MR) is 52.8 cm³/mol. The molecule has 0 fully saturated rings. The number of ether oxygens (including phenoxy) is 1. The largest absolute Gasteiger partial charge is 0.467 e. The van der Waals surface area contributed by atoms with Crippen molar-refractivity contribution < 1.29 is 22.3 Å². The van der Waals surface area contributed by atoms with Crippen LogP contribution in [0.25, 0.3) is 0 Å². The van der Waals surface area contributed by atoms with Crippen LogP contribution in [0.2, 0.25) is 0 Å². The van der Waals surface area contributed by atoms with Gasteiger partial charge in [-0.2, -0.15) is 0 Å². The number of hydrogen-bond acceptors (Lipinski definition) is 5. The van der Waals surface area contributed by atoms with Crippen LogP contribution in [0.1, 0.15) is 5.76 Å². The summed E-state index contributed by atoms with van der Waals surface area (Å²) >= 11 is -1.67. The summed E-state index contributed by atoms with van der Waals surface area (Å²) in [7, 11) is 1.24. The SMILES string of the molecule is COC(=O)/C=C/S(=O)OCc1ccco1. The Hall–Kier alpha value is -1.40. The van der Waals surface area contributed by atoms with Crippen molar-refractivity contribution in [1.29, 1.82) is 0 Å². The van der Waals surface area contributed by atoms with Gasteiger partial charge in [0.2, 0.25) is 0 Å². The maximum absolute atomic E-state index is 11.1. The van der Waals surface area contributed by atoms with E-state index in [4.69, 9.17) is 8.60 Å². The van der Waals surface area contributed by atoms with Crippen LogP contribution in [-0.4, -0.2) is 17.3 Å². The van der Waals surface area contributed by atoms with Gasteiger partial charge in [-0.05, 0) is 12.1 Å². The van der Waals surface area contributed by atoms with E-state index < -0.39 is 17.0 Å². The quantitative estimate of drug-likeness (QED) is 0.560. The Morgan fingerprint density at radius 3 is 3.07 bits per heavy atom. The van der Waals surface area contributed by atoms with Crippen molar-refractivity contribution in [3.63, 3.8) is 0 Å². The summed E-state index contributed by atoms with van der Waals surface area (Å²) in [6.45, 7) is 0.0884. The van der Waals surface area contributed by atoms with Crippen molar-refractivity contribution in [2.45, 2.75) is 6.61 Å². The minimum Gasteiger partial charge on any atom is -0.467 e. The molecule has 15 heavy (non-hydrogen) atoms. The molecule has 1 aromatic heterocycles. The third kappa shape index (κ3) is 4.57. The van der Waals surface area contributed by atoms with Gasteiger partial charge in [0, 0.05) is 11.5 Å². The lowest BCUT2D eigenvalue weighted by atomic mass is 10.5. The highest BCUT2D eigenvalue weighted by atomic mass is 32.2. The lowest BCUT2D eigenvalue weighted by Crippen LogP contribution is -1.97. The fraction of sp³-hybridized carbons (Fsp3) is 0.222. The van der Waals surface area contributed by atoms with E-state index in [1.807, 2.05) is 0 Å². The molecule has 6 heteroatoms. The first-order valence-electron chi connectivity index (χ1n) is 4.04. The van der Waals surface area contributed by atoms with Crippen molar-refractivity contribution in [2.75, 3.05) is 7.11 Å². The van der Waals surface area contributed by atoms with Gasteiger partial charge in [0.25, 0.3) is 0 Å².